The largest absolute Gasteiger partial charge is 0.412 e. The van der Waals surface area contributed by atoms with Gasteiger partial charge in [0, 0.05) is 49.1 Å². The van der Waals surface area contributed by atoms with Crippen molar-refractivity contribution in [2.75, 3.05) is 20.3 Å². The summed E-state index contributed by atoms with van der Waals surface area (Å²) in [5.74, 6) is 0.523. The summed E-state index contributed by atoms with van der Waals surface area (Å²) in [4.78, 5) is 0.385. The van der Waals surface area contributed by atoms with E-state index in [1.54, 1.807) is 7.11 Å². The first-order chi connectivity index (χ1) is 6.77. The van der Waals surface area contributed by atoms with E-state index < -0.39 is 5.60 Å². The second-order valence-corrected chi connectivity index (χ2v) is 3.85. The summed E-state index contributed by atoms with van der Waals surface area (Å²) in [5, 5.41) is 7.70. The highest BCUT2D eigenvalue weighted by molar-refractivity contribution is 9.10. The van der Waals surface area contributed by atoms with Gasteiger partial charge in [-0.15, -0.1) is 10.2 Å². The summed E-state index contributed by atoms with van der Waals surface area (Å²) in [6, 6.07) is 0. The molecule has 0 amide bonds. The van der Waals surface area contributed by atoms with E-state index in [0.717, 1.165) is 12.8 Å². The maximum absolute atomic E-state index is 5.48. The van der Waals surface area contributed by atoms with Crippen LogP contribution in [-0.4, -0.2) is 30.5 Å². The molecule has 0 spiro atoms. The first-order valence-electron chi connectivity index (χ1n) is 4.39. The first-order valence-corrected chi connectivity index (χ1v) is 5.18. The van der Waals surface area contributed by atoms with Crippen molar-refractivity contribution in [3.05, 3.63) is 10.7 Å². The third-order valence-electron chi connectivity index (χ3n) is 2.48. The molecule has 5 nitrogen and oxygen atoms in total. The van der Waals surface area contributed by atoms with Crippen LogP contribution < -0.4 is 0 Å². The van der Waals surface area contributed by atoms with Crippen LogP contribution in [0.5, 0.6) is 0 Å². The van der Waals surface area contributed by atoms with Crippen molar-refractivity contribution >= 4 is 15.9 Å². The van der Waals surface area contributed by atoms with Gasteiger partial charge in [-0.05, 0) is 0 Å². The Morgan fingerprint density at radius 3 is 2.57 bits per heavy atom. The lowest BCUT2D eigenvalue weighted by Gasteiger charge is -2.32. The van der Waals surface area contributed by atoms with Crippen LogP contribution >= 0.6 is 15.9 Å². The van der Waals surface area contributed by atoms with E-state index >= 15 is 0 Å². The van der Waals surface area contributed by atoms with Crippen LogP contribution in [0.1, 0.15) is 18.7 Å². The lowest BCUT2D eigenvalue weighted by Crippen LogP contribution is -2.35. The molecule has 6 heteroatoms. The molecule has 1 saturated heterocycles. The average Bonchev–Trinajstić information content (AvgIpc) is 2.66. The highest BCUT2D eigenvalue weighted by Crippen LogP contribution is 2.34. The van der Waals surface area contributed by atoms with Gasteiger partial charge in [-0.25, -0.2) is 0 Å². The Morgan fingerprint density at radius 2 is 2.07 bits per heavy atom. The number of halogens is 1. The van der Waals surface area contributed by atoms with E-state index in [1.165, 1.54) is 0 Å². The number of hydrogen-bond donors (Lipinski definition) is 0. The van der Waals surface area contributed by atoms with Crippen molar-refractivity contribution < 1.29 is 13.9 Å². The van der Waals surface area contributed by atoms with Crippen LogP contribution in [-0.2, 0) is 15.1 Å². The smallest absolute Gasteiger partial charge is 0.284 e. The standard InChI is InChI=1S/C8H11BrN2O3/c1-12-8(2-4-13-5-3-8)6-10-11-7(9)14-6/h2-5H2,1H3. The number of aromatic nitrogens is 2. The van der Waals surface area contributed by atoms with Crippen molar-refractivity contribution in [2.45, 2.75) is 18.4 Å². The molecule has 0 radical (unpaired) electrons. The quantitative estimate of drug-likeness (QED) is 0.808. The summed E-state index contributed by atoms with van der Waals surface area (Å²) < 4.78 is 16.1. The fourth-order valence-electron chi connectivity index (χ4n) is 1.60. The Hall–Kier alpha value is -0.460. The number of methoxy groups -OCH3 is 1. The van der Waals surface area contributed by atoms with Crippen molar-refractivity contribution in [1.82, 2.24) is 10.2 Å². The third kappa shape index (κ3) is 1.69. The van der Waals surface area contributed by atoms with Gasteiger partial charge in [0.05, 0.1) is 0 Å². The summed E-state index contributed by atoms with van der Waals surface area (Å²) in [6.07, 6.45) is 1.50. The van der Waals surface area contributed by atoms with E-state index in [0.29, 0.717) is 23.9 Å². The number of hydrogen-bond acceptors (Lipinski definition) is 5. The molecular weight excluding hydrogens is 252 g/mol. The second kappa shape index (κ2) is 3.96. The topological polar surface area (TPSA) is 57.4 Å². The van der Waals surface area contributed by atoms with E-state index in [4.69, 9.17) is 13.9 Å². The van der Waals surface area contributed by atoms with E-state index in [-0.39, 0.29) is 0 Å². The van der Waals surface area contributed by atoms with Crippen LogP contribution in [0.15, 0.2) is 9.22 Å². The Labute approximate surface area is 89.9 Å². The zero-order valence-electron chi connectivity index (χ0n) is 7.83. The maximum Gasteiger partial charge on any atom is 0.284 e. The Morgan fingerprint density at radius 1 is 1.36 bits per heavy atom. The lowest BCUT2D eigenvalue weighted by atomic mass is 9.94. The summed E-state index contributed by atoms with van der Waals surface area (Å²) >= 11 is 3.13. The van der Waals surface area contributed by atoms with Gasteiger partial charge < -0.3 is 13.9 Å². The predicted octanol–water partition coefficient (Wildman–Crippen LogP) is 1.48. The Kier molecular flexibility index (Phi) is 2.85. The van der Waals surface area contributed by atoms with Gasteiger partial charge in [-0.3, -0.25) is 0 Å². The van der Waals surface area contributed by atoms with Crippen LogP contribution in [0.3, 0.4) is 0 Å². The molecule has 0 saturated carbocycles. The normalized spacial score (nSPS) is 21.0. The lowest BCUT2D eigenvalue weighted by molar-refractivity contribution is -0.110. The molecule has 0 aliphatic carbocycles. The fourth-order valence-corrected chi connectivity index (χ4v) is 1.83. The van der Waals surface area contributed by atoms with Gasteiger partial charge >= 0.3 is 0 Å². The van der Waals surface area contributed by atoms with Gasteiger partial charge in [0.15, 0.2) is 0 Å². The van der Waals surface area contributed by atoms with Gasteiger partial charge in [-0.1, -0.05) is 0 Å². The molecular formula is C8H11BrN2O3. The van der Waals surface area contributed by atoms with Crippen molar-refractivity contribution in [2.24, 2.45) is 0 Å². The van der Waals surface area contributed by atoms with Crippen LogP contribution in [0.2, 0.25) is 0 Å². The molecule has 1 aliphatic rings. The van der Waals surface area contributed by atoms with Crippen LogP contribution in [0.25, 0.3) is 0 Å². The fraction of sp³-hybridized carbons (Fsp3) is 0.750. The molecule has 2 heterocycles. The Bertz CT molecular complexity index is 309. The van der Waals surface area contributed by atoms with Gasteiger partial charge in [0.25, 0.3) is 4.80 Å². The van der Waals surface area contributed by atoms with E-state index in [9.17, 15) is 0 Å². The molecule has 0 atom stereocenters. The summed E-state index contributed by atoms with van der Waals surface area (Å²) in [7, 11) is 1.66. The van der Waals surface area contributed by atoms with E-state index in [1.807, 2.05) is 0 Å². The molecule has 14 heavy (non-hydrogen) atoms. The highest BCUT2D eigenvalue weighted by Gasteiger charge is 2.39. The number of ether oxygens (including phenoxy) is 2. The third-order valence-corrected chi connectivity index (χ3v) is 2.80. The second-order valence-electron chi connectivity index (χ2n) is 3.17. The monoisotopic (exact) mass is 262 g/mol. The molecule has 1 aromatic heterocycles. The van der Waals surface area contributed by atoms with Crippen molar-refractivity contribution in [3.63, 3.8) is 0 Å². The molecule has 0 N–H and O–H groups in total. The molecule has 1 aliphatic heterocycles. The summed E-state index contributed by atoms with van der Waals surface area (Å²) in [5.41, 5.74) is -0.461. The van der Waals surface area contributed by atoms with E-state index in [2.05, 4.69) is 26.1 Å². The average molecular weight is 263 g/mol. The molecule has 1 fully saturated rings. The van der Waals surface area contributed by atoms with Crippen LogP contribution in [0, 0.1) is 0 Å². The van der Waals surface area contributed by atoms with Crippen LogP contribution in [0.4, 0.5) is 0 Å². The predicted molar refractivity (Wildman–Crippen MR) is 50.7 cm³/mol. The molecule has 2 rings (SSSR count). The zero-order valence-corrected chi connectivity index (χ0v) is 9.41. The molecule has 0 bridgehead atoms. The minimum absolute atomic E-state index is 0.385. The highest BCUT2D eigenvalue weighted by atomic mass is 79.9. The van der Waals surface area contributed by atoms with Crippen molar-refractivity contribution in [1.29, 1.82) is 0 Å². The Balaban J connectivity index is 2.26. The maximum atomic E-state index is 5.48. The van der Waals surface area contributed by atoms with Crippen molar-refractivity contribution in [3.8, 4) is 0 Å². The minimum Gasteiger partial charge on any atom is -0.412 e. The molecule has 78 valence electrons. The SMILES string of the molecule is COC1(c2nnc(Br)o2)CCOCC1. The first kappa shape index (κ1) is 10.1. The number of nitrogens with zero attached hydrogens (tertiary/aromatic N) is 2. The van der Waals surface area contributed by atoms with Gasteiger partial charge in [0.2, 0.25) is 5.89 Å². The molecule has 0 unspecified atom stereocenters. The van der Waals surface area contributed by atoms with Gasteiger partial charge in [-0.2, -0.15) is 0 Å². The zero-order chi connectivity index (χ0) is 10.0. The molecule has 0 aromatic carbocycles. The minimum atomic E-state index is -0.461. The number of rotatable bonds is 2. The van der Waals surface area contributed by atoms with Gasteiger partial charge in [0.1, 0.15) is 5.60 Å². The molecule has 1 aromatic rings. The summed E-state index contributed by atoms with van der Waals surface area (Å²) in [6.45, 7) is 1.32.